The van der Waals surface area contributed by atoms with Gasteiger partial charge in [-0.1, -0.05) is 30.0 Å². The van der Waals surface area contributed by atoms with Crippen LogP contribution in [-0.2, 0) is 29.5 Å². The predicted molar refractivity (Wildman–Crippen MR) is 115 cm³/mol. The summed E-state index contributed by atoms with van der Waals surface area (Å²) in [6.45, 7) is 1.98. The molecule has 2 amide bonds. The van der Waals surface area contributed by atoms with E-state index >= 15 is 0 Å². The van der Waals surface area contributed by atoms with Crippen molar-refractivity contribution in [3.05, 3.63) is 35.1 Å². The lowest BCUT2D eigenvalue weighted by molar-refractivity contribution is -0.116. The van der Waals surface area contributed by atoms with Gasteiger partial charge in [0, 0.05) is 12.7 Å². The molecule has 12 heteroatoms. The topological polar surface area (TPSA) is 124 Å². The number of rotatable bonds is 9. The normalized spacial score (nSPS) is 10.6. The number of aryl methyl sites for hydroxylation is 1. The number of benzene rings is 1. The Kier molecular flexibility index (Phi) is 7.36. The standard InChI is InChI=1S/C18H21N7O3S2/c1-4-16-22-23-17(30-16)20-15(27)10-29-18-24-21-13(25(18)2)9-14(26)19-11-5-7-12(28-3)8-6-11/h5-8H,4,9-10H2,1-3H3,(H,19,26)(H,20,23,27). The molecule has 0 atom stereocenters. The van der Waals surface area contributed by atoms with Gasteiger partial charge in [-0.3, -0.25) is 14.9 Å². The van der Waals surface area contributed by atoms with Crippen LogP contribution in [0.15, 0.2) is 29.4 Å². The van der Waals surface area contributed by atoms with Gasteiger partial charge in [-0.15, -0.1) is 20.4 Å². The van der Waals surface area contributed by atoms with Crippen molar-refractivity contribution in [2.75, 3.05) is 23.5 Å². The Morgan fingerprint density at radius 3 is 2.53 bits per heavy atom. The molecule has 0 saturated carbocycles. The van der Waals surface area contributed by atoms with E-state index < -0.39 is 0 Å². The first-order valence-corrected chi connectivity index (χ1v) is 10.9. The number of ether oxygens (including phenoxy) is 1. The highest BCUT2D eigenvalue weighted by molar-refractivity contribution is 7.99. The van der Waals surface area contributed by atoms with E-state index in [0.29, 0.717) is 27.5 Å². The Hall–Kier alpha value is -2.99. The van der Waals surface area contributed by atoms with Crippen molar-refractivity contribution >= 4 is 45.7 Å². The highest BCUT2D eigenvalue weighted by Crippen LogP contribution is 2.19. The second kappa shape index (κ2) is 10.2. The molecule has 0 bridgehead atoms. The average Bonchev–Trinajstić information content (AvgIpc) is 3.33. The van der Waals surface area contributed by atoms with E-state index in [1.165, 1.54) is 23.1 Å². The van der Waals surface area contributed by atoms with Crippen LogP contribution in [0.2, 0.25) is 0 Å². The Bertz CT molecular complexity index is 1020. The predicted octanol–water partition coefficient (Wildman–Crippen LogP) is 2.15. The maximum atomic E-state index is 12.3. The number of hydrogen-bond acceptors (Lipinski definition) is 9. The van der Waals surface area contributed by atoms with Gasteiger partial charge >= 0.3 is 0 Å². The summed E-state index contributed by atoms with van der Waals surface area (Å²) in [7, 11) is 3.34. The Morgan fingerprint density at radius 1 is 1.10 bits per heavy atom. The molecular weight excluding hydrogens is 426 g/mol. The van der Waals surface area contributed by atoms with Gasteiger partial charge in [-0.2, -0.15) is 0 Å². The molecule has 158 valence electrons. The van der Waals surface area contributed by atoms with Gasteiger partial charge in [0.15, 0.2) is 5.16 Å². The molecule has 30 heavy (non-hydrogen) atoms. The van der Waals surface area contributed by atoms with Gasteiger partial charge in [-0.25, -0.2) is 0 Å². The minimum atomic E-state index is -0.215. The van der Waals surface area contributed by atoms with Crippen LogP contribution in [0.1, 0.15) is 17.8 Å². The first-order chi connectivity index (χ1) is 14.5. The van der Waals surface area contributed by atoms with E-state index in [4.69, 9.17) is 4.74 Å². The average molecular weight is 448 g/mol. The third kappa shape index (κ3) is 5.76. The molecule has 10 nitrogen and oxygen atoms in total. The minimum Gasteiger partial charge on any atom is -0.497 e. The quantitative estimate of drug-likeness (QED) is 0.478. The van der Waals surface area contributed by atoms with E-state index in [9.17, 15) is 9.59 Å². The molecule has 0 aliphatic carbocycles. The van der Waals surface area contributed by atoms with E-state index in [0.717, 1.165) is 11.4 Å². The van der Waals surface area contributed by atoms with Crippen LogP contribution in [0.25, 0.3) is 0 Å². The summed E-state index contributed by atoms with van der Waals surface area (Å²) in [4.78, 5) is 24.4. The van der Waals surface area contributed by atoms with Crippen molar-refractivity contribution in [3.63, 3.8) is 0 Å². The molecule has 2 aromatic heterocycles. The molecule has 3 rings (SSSR count). The van der Waals surface area contributed by atoms with Crippen molar-refractivity contribution in [2.45, 2.75) is 24.9 Å². The summed E-state index contributed by atoms with van der Waals surface area (Å²) in [5.74, 6) is 0.934. The number of anilines is 2. The zero-order chi connectivity index (χ0) is 21.5. The van der Waals surface area contributed by atoms with Gasteiger partial charge in [0.1, 0.15) is 16.6 Å². The smallest absolute Gasteiger partial charge is 0.236 e. The highest BCUT2D eigenvalue weighted by atomic mass is 32.2. The van der Waals surface area contributed by atoms with Crippen molar-refractivity contribution in [1.82, 2.24) is 25.0 Å². The number of methoxy groups -OCH3 is 1. The van der Waals surface area contributed by atoms with Crippen LogP contribution < -0.4 is 15.4 Å². The molecule has 0 fully saturated rings. The SMILES string of the molecule is CCc1nnc(NC(=O)CSc2nnc(CC(=O)Nc3ccc(OC)cc3)n2C)s1. The lowest BCUT2D eigenvalue weighted by Crippen LogP contribution is -2.17. The number of hydrogen-bond donors (Lipinski definition) is 2. The molecule has 0 radical (unpaired) electrons. The van der Waals surface area contributed by atoms with Gasteiger partial charge < -0.3 is 14.6 Å². The van der Waals surface area contributed by atoms with E-state index in [1.807, 2.05) is 6.92 Å². The summed E-state index contributed by atoms with van der Waals surface area (Å²) in [5, 5.41) is 23.4. The third-order valence-electron chi connectivity index (χ3n) is 3.97. The highest BCUT2D eigenvalue weighted by Gasteiger charge is 2.15. The Balaban J connectivity index is 1.50. The van der Waals surface area contributed by atoms with Crippen LogP contribution in [0.5, 0.6) is 5.75 Å². The van der Waals surface area contributed by atoms with E-state index in [2.05, 4.69) is 31.0 Å². The molecule has 0 saturated heterocycles. The summed E-state index contributed by atoms with van der Waals surface area (Å²) in [6, 6.07) is 7.05. The van der Waals surface area contributed by atoms with Crippen LogP contribution >= 0.6 is 23.1 Å². The van der Waals surface area contributed by atoms with Crippen molar-refractivity contribution in [3.8, 4) is 5.75 Å². The molecule has 1 aromatic carbocycles. The van der Waals surface area contributed by atoms with Crippen LogP contribution in [0.4, 0.5) is 10.8 Å². The zero-order valence-corrected chi connectivity index (χ0v) is 18.3. The molecule has 0 spiro atoms. The summed E-state index contributed by atoms with van der Waals surface area (Å²) < 4.78 is 6.80. The monoisotopic (exact) mass is 447 g/mol. The van der Waals surface area contributed by atoms with Gasteiger partial charge in [0.25, 0.3) is 0 Å². The zero-order valence-electron chi connectivity index (χ0n) is 16.7. The number of thioether (sulfide) groups is 1. The van der Waals surface area contributed by atoms with Crippen molar-refractivity contribution in [2.24, 2.45) is 7.05 Å². The van der Waals surface area contributed by atoms with Crippen LogP contribution in [0, 0.1) is 0 Å². The second-order valence-corrected chi connectivity index (χ2v) is 8.11. The van der Waals surface area contributed by atoms with E-state index in [1.54, 1.807) is 43.0 Å². The number of nitrogens with one attached hydrogen (secondary N) is 2. The van der Waals surface area contributed by atoms with Crippen molar-refractivity contribution < 1.29 is 14.3 Å². The van der Waals surface area contributed by atoms with E-state index in [-0.39, 0.29) is 24.0 Å². The van der Waals surface area contributed by atoms with Crippen LogP contribution in [0.3, 0.4) is 0 Å². The molecule has 0 aliphatic rings. The number of amides is 2. The number of carbonyl (C=O) groups excluding carboxylic acids is 2. The first kappa shape index (κ1) is 21.7. The Labute approximate surface area is 181 Å². The van der Waals surface area contributed by atoms with Crippen molar-refractivity contribution in [1.29, 1.82) is 0 Å². The summed E-state index contributed by atoms with van der Waals surface area (Å²) >= 11 is 2.58. The molecule has 3 aromatic rings. The lowest BCUT2D eigenvalue weighted by atomic mass is 10.3. The van der Waals surface area contributed by atoms with Gasteiger partial charge in [0.2, 0.25) is 16.9 Å². The number of nitrogens with zero attached hydrogens (tertiary/aromatic N) is 5. The van der Waals surface area contributed by atoms with Gasteiger partial charge in [0.05, 0.1) is 19.3 Å². The third-order valence-corrected chi connectivity index (χ3v) is 5.97. The number of aromatic nitrogens is 5. The molecule has 0 aliphatic heterocycles. The fraction of sp³-hybridized carbons (Fsp3) is 0.333. The largest absolute Gasteiger partial charge is 0.497 e. The molecule has 0 unspecified atom stereocenters. The lowest BCUT2D eigenvalue weighted by Gasteiger charge is -2.07. The summed E-state index contributed by atoms with van der Waals surface area (Å²) in [6.07, 6.45) is 0.836. The molecule has 2 heterocycles. The maximum absolute atomic E-state index is 12.3. The van der Waals surface area contributed by atoms with Gasteiger partial charge in [-0.05, 0) is 30.7 Å². The minimum absolute atomic E-state index is 0.0624. The van der Waals surface area contributed by atoms with Crippen LogP contribution in [-0.4, -0.2) is 49.6 Å². The fourth-order valence-electron chi connectivity index (χ4n) is 2.38. The number of carbonyl (C=O) groups is 2. The second-order valence-electron chi connectivity index (χ2n) is 6.10. The fourth-order valence-corrected chi connectivity index (χ4v) is 3.81. The first-order valence-electron chi connectivity index (χ1n) is 9.05. The molecular formula is C18H21N7O3S2. The molecule has 2 N–H and O–H groups in total. The summed E-state index contributed by atoms with van der Waals surface area (Å²) in [5.41, 5.74) is 0.664. The Morgan fingerprint density at radius 2 is 1.87 bits per heavy atom. The maximum Gasteiger partial charge on any atom is 0.236 e.